The van der Waals surface area contributed by atoms with Crippen LogP contribution >= 0.6 is 0 Å². The summed E-state index contributed by atoms with van der Waals surface area (Å²) in [7, 11) is 1.27. The van der Waals surface area contributed by atoms with E-state index in [-0.39, 0.29) is 28.2 Å². The van der Waals surface area contributed by atoms with Crippen LogP contribution < -0.4 is 5.73 Å². The third-order valence-corrected chi connectivity index (χ3v) is 5.10. The number of benzene rings is 1. The van der Waals surface area contributed by atoms with Gasteiger partial charge in [-0.05, 0) is 41.5 Å². The first kappa shape index (κ1) is 21.3. The van der Waals surface area contributed by atoms with Crippen LogP contribution in [0.4, 0.5) is 22.0 Å². The summed E-state index contributed by atoms with van der Waals surface area (Å²) >= 11 is 0. The molecular formula is C21H14F5N5O. The fraction of sp³-hybridized carbons (Fsp3) is 0.143. The van der Waals surface area contributed by atoms with Crippen LogP contribution in [0.5, 0.6) is 0 Å². The molecule has 32 heavy (non-hydrogen) atoms. The maximum Gasteiger partial charge on any atom is 0.433 e. The lowest BCUT2D eigenvalue weighted by atomic mass is 9.81. The lowest BCUT2D eigenvalue weighted by Gasteiger charge is -2.27. The Morgan fingerprint density at radius 1 is 1.03 bits per heavy atom. The molecule has 0 fully saturated rings. The van der Waals surface area contributed by atoms with Gasteiger partial charge in [-0.25, -0.2) is 13.8 Å². The van der Waals surface area contributed by atoms with Crippen molar-refractivity contribution in [3.63, 3.8) is 0 Å². The van der Waals surface area contributed by atoms with Crippen molar-refractivity contribution in [3.05, 3.63) is 83.4 Å². The molecule has 0 spiro atoms. The number of likely N-dealkylation sites (N-methyl/N-ethyl adjacent to an activating group) is 1. The molecule has 0 bridgehead atoms. The molecule has 0 saturated carbocycles. The van der Waals surface area contributed by atoms with Crippen LogP contribution in [0.25, 0.3) is 11.1 Å². The number of carbonyl (C=O) groups excluding carboxylic acids is 1. The zero-order valence-corrected chi connectivity index (χ0v) is 16.4. The van der Waals surface area contributed by atoms with Crippen molar-refractivity contribution in [2.75, 3.05) is 7.05 Å². The van der Waals surface area contributed by atoms with E-state index in [1.54, 1.807) is 0 Å². The van der Waals surface area contributed by atoms with Crippen molar-refractivity contribution in [1.82, 2.24) is 14.9 Å². The van der Waals surface area contributed by atoms with Crippen LogP contribution in [0.15, 0.2) is 60.0 Å². The number of carbonyl (C=O) groups is 1. The average molecular weight is 447 g/mol. The molecule has 4 rings (SSSR count). The fourth-order valence-electron chi connectivity index (χ4n) is 3.52. The van der Waals surface area contributed by atoms with E-state index in [2.05, 4.69) is 15.0 Å². The zero-order valence-electron chi connectivity index (χ0n) is 16.4. The first-order valence-corrected chi connectivity index (χ1v) is 9.12. The Hall–Kier alpha value is -3.89. The molecular weight excluding hydrogens is 433 g/mol. The molecule has 1 aliphatic rings. The van der Waals surface area contributed by atoms with Crippen LogP contribution in [0.3, 0.4) is 0 Å². The van der Waals surface area contributed by atoms with E-state index in [1.165, 1.54) is 25.4 Å². The average Bonchev–Trinajstić information content (AvgIpc) is 2.98. The highest BCUT2D eigenvalue weighted by Gasteiger charge is 2.52. The first-order chi connectivity index (χ1) is 15.0. The molecule has 0 saturated heterocycles. The predicted molar refractivity (Wildman–Crippen MR) is 104 cm³/mol. The van der Waals surface area contributed by atoms with Crippen LogP contribution in [0, 0.1) is 11.6 Å². The van der Waals surface area contributed by atoms with E-state index in [4.69, 9.17) is 5.73 Å². The number of amides is 1. The summed E-state index contributed by atoms with van der Waals surface area (Å²) in [6, 6.07) is 6.47. The fourth-order valence-corrected chi connectivity index (χ4v) is 3.52. The maximum absolute atomic E-state index is 15.1. The molecule has 0 aliphatic carbocycles. The molecule has 1 aliphatic heterocycles. The van der Waals surface area contributed by atoms with Crippen molar-refractivity contribution in [2.24, 2.45) is 10.7 Å². The molecule has 2 N–H and O–H groups in total. The summed E-state index contributed by atoms with van der Waals surface area (Å²) in [5, 5.41) is 0. The highest BCUT2D eigenvalue weighted by Crippen LogP contribution is 2.43. The molecule has 2 aromatic heterocycles. The number of nitrogens with two attached hydrogens (primary N) is 1. The summed E-state index contributed by atoms with van der Waals surface area (Å²) in [4.78, 5) is 25.3. The third kappa shape index (κ3) is 3.35. The van der Waals surface area contributed by atoms with Gasteiger partial charge in [-0.1, -0.05) is 6.07 Å². The highest BCUT2D eigenvalue weighted by molar-refractivity contribution is 6.09. The van der Waals surface area contributed by atoms with Gasteiger partial charge in [-0.3, -0.25) is 19.7 Å². The van der Waals surface area contributed by atoms with Crippen LogP contribution in [0.2, 0.25) is 0 Å². The van der Waals surface area contributed by atoms with Crippen molar-refractivity contribution >= 4 is 11.9 Å². The monoisotopic (exact) mass is 447 g/mol. The van der Waals surface area contributed by atoms with E-state index in [0.29, 0.717) is 6.07 Å². The number of guanidine groups is 1. The van der Waals surface area contributed by atoms with Gasteiger partial charge < -0.3 is 5.73 Å². The number of pyridine rings is 2. The number of alkyl halides is 3. The van der Waals surface area contributed by atoms with Crippen molar-refractivity contribution in [3.8, 4) is 11.1 Å². The minimum atomic E-state index is -4.81. The van der Waals surface area contributed by atoms with Gasteiger partial charge in [0.25, 0.3) is 5.91 Å². The SMILES string of the molecule is CN1C(=O)C(c2ccnc(C(F)(F)F)c2)(c2cc(-c3cncc(F)c3)ccc2F)N=C1N. The van der Waals surface area contributed by atoms with E-state index in [0.717, 1.165) is 35.5 Å². The van der Waals surface area contributed by atoms with E-state index < -0.39 is 35.0 Å². The number of aliphatic imine (C=N–C) groups is 1. The zero-order chi connectivity index (χ0) is 23.3. The minimum Gasteiger partial charge on any atom is -0.369 e. The smallest absolute Gasteiger partial charge is 0.369 e. The Morgan fingerprint density at radius 3 is 2.41 bits per heavy atom. The van der Waals surface area contributed by atoms with Gasteiger partial charge in [-0.15, -0.1) is 0 Å². The number of hydrogen-bond acceptors (Lipinski definition) is 5. The molecule has 3 heterocycles. The number of hydrogen-bond donors (Lipinski definition) is 1. The van der Waals surface area contributed by atoms with E-state index in [1.807, 2.05) is 0 Å². The van der Waals surface area contributed by atoms with Crippen LogP contribution in [-0.2, 0) is 16.5 Å². The summed E-state index contributed by atoms with van der Waals surface area (Å²) in [6.45, 7) is 0. The maximum atomic E-state index is 15.1. The van der Waals surface area contributed by atoms with Gasteiger partial charge in [-0.2, -0.15) is 13.2 Å². The van der Waals surface area contributed by atoms with Gasteiger partial charge in [0, 0.05) is 30.6 Å². The Morgan fingerprint density at radius 2 is 1.78 bits per heavy atom. The lowest BCUT2D eigenvalue weighted by molar-refractivity contribution is -0.141. The molecule has 1 aromatic carbocycles. The second-order valence-electron chi connectivity index (χ2n) is 7.06. The van der Waals surface area contributed by atoms with E-state index >= 15 is 4.39 Å². The molecule has 164 valence electrons. The minimum absolute atomic E-state index is 0.267. The molecule has 1 unspecified atom stereocenters. The first-order valence-electron chi connectivity index (χ1n) is 9.12. The third-order valence-electron chi connectivity index (χ3n) is 5.10. The molecule has 3 aromatic rings. The number of nitrogens with zero attached hydrogens (tertiary/aromatic N) is 4. The van der Waals surface area contributed by atoms with Gasteiger partial charge >= 0.3 is 6.18 Å². The quantitative estimate of drug-likeness (QED) is 0.624. The molecule has 11 heteroatoms. The molecule has 1 atom stereocenters. The van der Waals surface area contributed by atoms with Crippen molar-refractivity contribution in [2.45, 2.75) is 11.7 Å². The molecule has 0 radical (unpaired) electrons. The van der Waals surface area contributed by atoms with Crippen LogP contribution in [-0.4, -0.2) is 33.8 Å². The number of rotatable bonds is 3. The summed E-state index contributed by atoms with van der Waals surface area (Å²) in [5.74, 6) is -2.73. The normalized spacial score (nSPS) is 18.8. The van der Waals surface area contributed by atoms with E-state index in [9.17, 15) is 22.4 Å². The van der Waals surface area contributed by atoms with Gasteiger partial charge in [0.2, 0.25) is 0 Å². The van der Waals surface area contributed by atoms with Crippen molar-refractivity contribution < 1.29 is 26.7 Å². The molecule has 6 nitrogen and oxygen atoms in total. The summed E-state index contributed by atoms with van der Waals surface area (Å²) in [5.41, 5.74) is 2.20. The van der Waals surface area contributed by atoms with Gasteiger partial charge in [0.1, 0.15) is 17.3 Å². The topological polar surface area (TPSA) is 84.5 Å². The lowest BCUT2D eigenvalue weighted by Crippen LogP contribution is -2.41. The van der Waals surface area contributed by atoms with Gasteiger partial charge in [0.05, 0.1) is 6.20 Å². The van der Waals surface area contributed by atoms with Crippen molar-refractivity contribution in [1.29, 1.82) is 0 Å². The Balaban J connectivity index is 2.00. The Bertz CT molecular complexity index is 1260. The predicted octanol–water partition coefficient (Wildman–Crippen LogP) is 3.47. The number of halogens is 5. The standard InChI is InChI=1S/C21H14F5N5O/c1-31-18(32)20(30-19(31)27,13-4-5-29-17(8-13)21(24,25)26)15-7-11(2-3-16(15)23)12-6-14(22)10-28-9-12/h2-10H,1H3,(H2,27,30). The van der Waals surface area contributed by atoms with Gasteiger partial charge in [0.15, 0.2) is 11.5 Å². The second kappa shape index (κ2) is 7.36. The Kier molecular flexibility index (Phi) is 4.91. The Labute approximate surface area is 178 Å². The number of aromatic nitrogens is 2. The second-order valence-corrected chi connectivity index (χ2v) is 7.06. The summed E-state index contributed by atoms with van der Waals surface area (Å²) < 4.78 is 68.6. The highest BCUT2D eigenvalue weighted by atomic mass is 19.4. The van der Waals surface area contributed by atoms with Crippen LogP contribution in [0.1, 0.15) is 16.8 Å². The largest absolute Gasteiger partial charge is 0.433 e. The molecule has 1 amide bonds. The summed E-state index contributed by atoms with van der Waals surface area (Å²) in [6.07, 6.45) is -1.66.